The van der Waals surface area contributed by atoms with Gasteiger partial charge in [0.2, 0.25) is 11.8 Å². The molecule has 3 aromatic rings. The van der Waals surface area contributed by atoms with Crippen molar-refractivity contribution in [2.45, 2.75) is 33.6 Å². The number of nitriles is 1. The first-order valence-electron chi connectivity index (χ1n) is 9.21. The Hall–Kier alpha value is -3.52. The highest BCUT2D eigenvalue weighted by Gasteiger charge is 2.37. The standard InChI is InChI=1S/C23H22N4O/c1-12-5-7-16(8-6-12)21-20-19(18-14(3)9-13(2)10-15(18)4)17(11-24)22(25)28-23(20)27-26-21/h5-10,19H,25H2,1-4H3,(H,26,27)/t19-/m0/s1. The number of ether oxygens (including phenoxy) is 1. The highest BCUT2D eigenvalue weighted by atomic mass is 16.5. The van der Waals surface area contributed by atoms with E-state index in [-0.39, 0.29) is 11.8 Å². The molecule has 0 unspecified atom stereocenters. The van der Waals surface area contributed by atoms with E-state index >= 15 is 0 Å². The molecule has 1 atom stereocenters. The maximum Gasteiger partial charge on any atom is 0.244 e. The molecule has 5 heteroatoms. The Kier molecular flexibility index (Phi) is 4.20. The van der Waals surface area contributed by atoms with Gasteiger partial charge in [-0.25, -0.2) is 0 Å². The first kappa shape index (κ1) is 17.9. The minimum absolute atomic E-state index is 0.112. The number of nitrogens with two attached hydrogens (primary N) is 1. The van der Waals surface area contributed by atoms with Crippen molar-refractivity contribution < 1.29 is 4.74 Å². The topological polar surface area (TPSA) is 87.7 Å². The van der Waals surface area contributed by atoms with Gasteiger partial charge in [-0.2, -0.15) is 5.26 Å². The molecule has 5 nitrogen and oxygen atoms in total. The number of benzene rings is 2. The van der Waals surface area contributed by atoms with Gasteiger partial charge in [-0.1, -0.05) is 47.5 Å². The zero-order valence-corrected chi connectivity index (χ0v) is 16.4. The van der Waals surface area contributed by atoms with Crippen LogP contribution in [0.4, 0.5) is 0 Å². The number of nitrogens with zero attached hydrogens (tertiary/aromatic N) is 2. The third-order valence-corrected chi connectivity index (χ3v) is 5.31. The van der Waals surface area contributed by atoms with Crippen molar-refractivity contribution in [1.29, 1.82) is 5.26 Å². The van der Waals surface area contributed by atoms with E-state index in [1.165, 1.54) is 11.1 Å². The monoisotopic (exact) mass is 370 g/mol. The number of aromatic amines is 1. The van der Waals surface area contributed by atoms with Crippen LogP contribution in [0.25, 0.3) is 11.3 Å². The molecule has 3 N–H and O–H groups in total. The van der Waals surface area contributed by atoms with Crippen LogP contribution in [0.15, 0.2) is 47.9 Å². The largest absolute Gasteiger partial charge is 0.420 e. The van der Waals surface area contributed by atoms with Crippen molar-refractivity contribution in [1.82, 2.24) is 10.2 Å². The highest BCUT2D eigenvalue weighted by Crippen LogP contribution is 2.47. The Balaban J connectivity index is 2.01. The van der Waals surface area contributed by atoms with Gasteiger partial charge in [0.25, 0.3) is 0 Å². The zero-order valence-electron chi connectivity index (χ0n) is 16.4. The smallest absolute Gasteiger partial charge is 0.244 e. The van der Waals surface area contributed by atoms with Gasteiger partial charge in [0, 0.05) is 5.56 Å². The highest BCUT2D eigenvalue weighted by molar-refractivity contribution is 5.71. The van der Waals surface area contributed by atoms with Gasteiger partial charge in [-0.15, -0.1) is 5.10 Å². The maximum atomic E-state index is 9.89. The van der Waals surface area contributed by atoms with Gasteiger partial charge in [-0.3, -0.25) is 5.10 Å². The molecule has 0 radical (unpaired) electrons. The van der Waals surface area contributed by atoms with Crippen molar-refractivity contribution >= 4 is 0 Å². The summed E-state index contributed by atoms with van der Waals surface area (Å²) in [6.45, 7) is 8.26. The van der Waals surface area contributed by atoms with Crippen molar-refractivity contribution in [2.75, 3.05) is 0 Å². The van der Waals surface area contributed by atoms with Gasteiger partial charge in [0.05, 0.1) is 17.2 Å². The normalized spacial score (nSPS) is 15.8. The number of H-pyrrole nitrogens is 1. The molecular weight excluding hydrogens is 348 g/mol. The molecule has 0 bridgehead atoms. The van der Waals surface area contributed by atoms with E-state index in [0.717, 1.165) is 33.5 Å². The summed E-state index contributed by atoms with van der Waals surface area (Å²) in [5, 5.41) is 17.3. The number of fused-ring (bicyclic) bond motifs is 1. The first-order chi connectivity index (χ1) is 13.4. The van der Waals surface area contributed by atoms with Crippen LogP contribution in [0.2, 0.25) is 0 Å². The van der Waals surface area contributed by atoms with Crippen LogP contribution in [-0.4, -0.2) is 10.2 Å². The fraction of sp³-hybridized carbons (Fsp3) is 0.217. The lowest BCUT2D eigenvalue weighted by Crippen LogP contribution is -2.22. The number of hydrogen-bond acceptors (Lipinski definition) is 4. The molecule has 2 aromatic carbocycles. The third-order valence-electron chi connectivity index (χ3n) is 5.31. The van der Waals surface area contributed by atoms with E-state index in [4.69, 9.17) is 10.5 Å². The fourth-order valence-corrected chi connectivity index (χ4v) is 4.12. The fourth-order valence-electron chi connectivity index (χ4n) is 4.12. The second-order valence-electron chi connectivity index (χ2n) is 7.42. The van der Waals surface area contributed by atoms with Crippen molar-refractivity contribution in [2.24, 2.45) is 5.73 Å². The summed E-state index contributed by atoms with van der Waals surface area (Å²) in [6.07, 6.45) is 0. The predicted octanol–water partition coefficient (Wildman–Crippen LogP) is 4.53. The lowest BCUT2D eigenvalue weighted by atomic mass is 9.79. The quantitative estimate of drug-likeness (QED) is 0.694. The van der Waals surface area contributed by atoms with Crippen LogP contribution in [0.5, 0.6) is 5.88 Å². The Morgan fingerprint density at radius 1 is 1.00 bits per heavy atom. The van der Waals surface area contributed by atoms with E-state index in [0.29, 0.717) is 11.5 Å². The molecule has 0 amide bonds. The minimum Gasteiger partial charge on any atom is -0.420 e. The van der Waals surface area contributed by atoms with E-state index in [9.17, 15) is 5.26 Å². The van der Waals surface area contributed by atoms with E-state index in [1.54, 1.807) is 0 Å². The van der Waals surface area contributed by atoms with Crippen LogP contribution in [0, 0.1) is 39.0 Å². The Labute approximate surface area is 164 Å². The number of rotatable bonds is 2. The third kappa shape index (κ3) is 2.74. The number of hydrogen-bond donors (Lipinski definition) is 2. The predicted molar refractivity (Wildman–Crippen MR) is 109 cm³/mol. The number of allylic oxidation sites excluding steroid dienone is 1. The van der Waals surface area contributed by atoms with Gasteiger partial charge < -0.3 is 10.5 Å². The molecule has 0 spiro atoms. The van der Waals surface area contributed by atoms with E-state index in [1.807, 2.05) is 19.1 Å². The average molecular weight is 370 g/mol. The number of nitrogens with one attached hydrogen (secondary N) is 1. The molecule has 4 rings (SSSR count). The van der Waals surface area contributed by atoms with Crippen molar-refractivity contribution in [3.8, 4) is 23.2 Å². The van der Waals surface area contributed by atoms with Crippen LogP contribution in [0.1, 0.15) is 39.3 Å². The number of aromatic nitrogens is 2. The van der Waals surface area contributed by atoms with Crippen molar-refractivity contribution in [3.05, 3.63) is 81.2 Å². The Morgan fingerprint density at radius 2 is 1.64 bits per heavy atom. The van der Waals surface area contributed by atoms with Crippen molar-refractivity contribution in [3.63, 3.8) is 0 Å². The molecule has 1 aromatic heterocycles. The van der Waals surface area contributed by atoms with Crippen LogP contribution in [-0.2, 0) is 0 Å². The summed E-state index contributed by atoms with van der Waals surface area (Å²) < 4.78 is 5.71. The SMILES string of the molecule is Cc1ccc(-c2[nH]nc3c2[C@H](c2c(C)cc(C)cc2C)C(C#N)=C(N)O3)cc1. The molecule has 0 fully saturated rings. The lowest BCUT2D eigenvalue weighted by molar-refractivity contribution is 0.379. The summed E-state index contributed by atoms with van der Waals surface area (Å²) in [5.41, 5.74) is 14.9. The summed E-state index contributed by atoms with van der Waals surface area (Å²) in [6, 6.07) is 14.7. The molecule has 0 aliphatic carbocycles. The molecule has 28 heavy (non-hydrogen) atoms. The van der Waals surface area contributed by atoms with Gasteiger partial charge in [0.1, 0.15) is 11.6 Å². The number of aryl methyl sites for hydroxylation is 4. The van der Waals surface area contributed by atoms with Gasteiger partial charge in [0.15, 0.2) is 0 Å². The second-order valence-corrected chi connectivity index (χ2v) is 7.42. The lowest BCUT2D eigenvalue weighted by Gasteiger charge is -2.27. The first-order valence-corrected chi connectivity index (χ1v) is 9.21. The second kappa shape index (κ2) is 6.58. The van der Waals surface area contributed by atoms with E-state index < -0.39 is 0 Å². The molecule has 2 heterocycles. The van der Waals surface area contributed by atoms with E-state index in [2.05, 4.69) is 61.3 Å². The zero-order chi connectivity index (χ0) is 20.0. The Morgan fingerprint density at radius 3 is 2.25 bits per heavy atom. The molecule has 0 saturated heterocycles. The molecule has 1 aliphatic rings. The van der Waals surface area contributed by atoms with Crippen LogP contribution >= 0.6 is 0 Å². The molecule has 140 valence electrons. The maximum absolute atomic E-state index is 9.89. The summed E-state index contributed by atoms with van der Waals surface area (Å²) in [4.78, 5) is 0. The Bertz CT molecular complexity index is 1120. The van der Waals surface area contributed by atoms with Crippen LogP contribution < -0.4 is 10.5 Å². The summed E-state index contributed by atoms with van der Waals surface area (Å²) >= 11 is 0. The van der Waals surface area contributed by atoms with Gasteiger partial charge in [-0.05, 0) is 44.4 Å². The average Bonchev–Trinajstić information content (AvgIpc) is 3.04. The minimum atomic E-state index is -0.329. The van der Waals surface area contributed by atoms with Gasteiger partial charge >= 0.3 is 0 Å². The van der Waals surface area contributed by atoms with Crippen LogP contribution in [0.3, 0.4) is 0 Å². The molecule has 0 saturated carbocycles. The summed E-state index contributed by atoms with van der Waals surface area (Å²) in [5.74, 6) is 0.210. The molecular formula is C23H22N4O. The molecule has 1 aliphatic heterocycles. The summed E-state index contributed by atoms with van der Waals surface area (Å²) in [7, 11) is 0.